The van der Waals surface area contributed by atoms with E-state index < -0.39 is 10.0 Å². The summed E-state index contributed by atoms with van der Waals surface area (Å²) in [7, 11) is -2.05. The smallest absolute Gasteiger partial charge is 0.235 e. The summed E-state index contributed by atoms with van der Waals surface area (Å²) in [5.74, 6) is 0.319. The molecule has 1 heterocycles. The minimum atomic E-state index is -3.60. The number of aromatic nitrogens is 3. The quantitative estimate of drug-likeness (QED) is 0.855. The van der Waals surface area contributed by atoms with Gasteiger partial charge in [-0.2, -0.15) is 0 Å². The van der Waals surface area contributed by atoms with Crippen molar-refractivity contribution in [3.8, 4) is 0 Å². The molecule has 0 bridgehead atoms. The fourth-order valence-corrected chi connectivity index (χ4v) is 4.41. The highest BCUT2D eigenvalue weighted by atomic mass is 79.9. The maximum absolute atomic E-state index is 12.2. The van der Waals surface area contributed by atoms with Gasteiger partial charge in [0.25, 0.3) is 10.0 Å². The molecule has 0 fully saturated rings. The van der Waals surface area contributed by atoms with E-state index in [1.165, 1.54) is 4.68 Å². The largest absolute Gasteiger partial charge is 0.260 e. The van der Waals surface area contributed by atoms with Gasteiger partial charge >= 0.3 is 0 Å². The molecule has 18 heavy (non-hydrogen) atoms. The van der Waals surface area contributed by atoms with E-state index in [0.717, 1.165) is 12.8 Å². The number of hydrogen-bond acceptors (Lipinski definition) is 4. The lowest BCUT2D eigenvalue weighted by Gasteiger charge is -2.22. The molecule has 104 valence electrons. The van der Waals surface area contributed by atoms with Crippen molar-refractivity contribution < 1.29 is 8.42 Å². The van der Waals surface area contributed by atoms with Gasteiger partial charge in [0.2, 0.25) is 5.03 Å². The molecule has 0 saturated heterocycles. The third-order valence-corrected chi connectivity index (χ3v) is 5.53. The molecule has 0 amide bonds. The maximum atomic E-state index is 12.2. The van der Waals surface area contributed by atoms with E-state index in [4.69, 9.17) is 0 Å². The Morgan fingerprint density at radius 3 is 2.33 bits per heavy atom. The van der Waals surface area contributed by atoms with Crippen LogP contribution in [0.15, 0.2) is 9.63 Å². The highest BCUT2D eigenvalue weighted by molar-refractivity contribution is 9.10. The number of nitrogens with one attached hydrogen (secondary N) is 1. The van der Waals surface area contributed by atoms with Gasteiger partial charge in [-0.15, -0.1) is 5.10 Å². The molecule has 6 nitrogen and oxygen atoms in total. The van der Waals surface area contributed by atoms with Crippen LogP contribution in [0.5, 0.6) is 0 Å². The van der Waals surface area contributed by atoms with Crippen LogP contribution in [0, 0.1) is 5.92 Å². The number of aryl methyl sites for hydroxylation is 1. The van der Waals surface area contributed by atoms with Gasteiger partial charge in [0.1, 0.15) is 0 Å². The Bertz CT molecular complexity index is 476. The van der Waals surface area contributed by atoms with Gasteiger partial charge in [0.05, 0.1) is 0 Å². The summed E-state index contributed by atoms with van der Waals surface area (Å²) in [6.45, 7) is 5.99. The molecule has 1 N–H and O–H groups in total. The Morgan fingerprint density at radius 2 is 1.94 bits per heavy atom. The molecule has 1 rings (SSSR count). The Morgan fingerprint density at radius 1 is 1.39 bits per heavy atom. The van der Waals surface area contributed by atoms with E-state index in [1.54, 1.807) is 7.05 Å². The zero-order valence-electron chi connectivity index (χ0n) is 11.0. The first-order valence-electron chi connectivity index (χ1n) is 5.91. The SMILES string of the molecule is CCC(CC)C(C)NS(=O)(=O)c1c(Br)nnn1C. The Labute approximate surface area is 116 Å². The van der Waals surface area contributed by atoms with E-state index >= 15 is 0 Å². The molecule has 8 heteroatoms. The van der Waals surface area contributed by atoms with Gasteiger partial charge < -0.3 is 0 Å². The van der Waals surface area contributed by atoms with E-state index in [2.05, 4.69) is 44.8 Å². The molecular weight excluding hydrogens is 320 g/mol. The van der Waals surface area contributed by atoms with E-state index in [1.807, 2.05) is 6.92 Å². The number of halogens is 1. The monoisotopic (exact) mass is 338 g/mol. The average molecular weight is 339 g/mol. The minimum absolute atomic E-state index is 0.0558. The van der Waals surface area contributed by atoms with Crippen molar-refractivity contribution in [3.63, 3.8) is 0 Å². The predicted molar refractivity (Wildman–Crippen MR) is 72.6 cm³/mol. The molecule has 0 saturated carbocycles. The summed E-state index contributed by atoms with van der Waals surface area (Å²) in [5, 5.41) is 7.42. The van der Waals surface area contributed by atoms with Crippen LogP contribution in [0.2, 0.25) is 0 Å². The Hall–Kier alpha value is -0.470. The fourth-order valence-electron chi connectivity index (χ4n) is 2.00. The molecule has 0 aliphatic rings. The molecule has 1 unspecified atom stereocenters. The van der Waals surface area contributed by atoms with Crippen LogP contribution < -0.4 is 4.72 Å². The van der Waals surface area contributed by atoms with Crippen molar-refractivity contribution in [1.29, 1.82) is 0 Å². The molecule has 0 aromatic carbocycles. The topological polar surface area (TPSA) is 76.9 Å². The van der Waals surface area contributed by atoms with E-state index in [9.17, 15) is 8.42 Å². The molecule has 0 spiro atoms. The average Bonchev–Trinajstić information content (AvgIpc) is 2.59. The predicted octanol–water partition coefficient (Wildman–Crippen LogP) is 1.68. The van der Waals surface area contributed by atoms with Crippen molar-refractivity contribution in [2.75, 3.05) is 0 Å². The minimum Gasteiger partial charge on any atom is -0.235 e. The third kappa shape index (κ3) is 3.30. The zero-order chi connectivity index (χ0) is 13.9. The summed E-state index contributed by atoms with van der Waals surface area (Å²) in [5.41, 5.74) is 0. The van der Waals surface area contributed by atoms with Gasteiger partial charge in [0, 0.05) is 13.1 Å². The first-order valence-corrected chi connectivity index (χ1v) is 8.18. The highest BCUT2D eigenvalue weighted by Gasteiger charge is 2.27. The molecular formula is C10H19BrN4O2S. The number of nitrogens with zero attached hydrogens (tertiary/aromatic N) is 3. The maximum Gasteiger partial charge on any atom is 0.260 e. The Balaban J connectivity index is 2.96. The third-order valence-electron chi connectivity index (χ3n) is 3.09. The van der Waals surface area contributed by atoms with Crippen molar-refractivity contribution >= 4 is 26.0 Å². The molecule has 1 atom stereocenters. The van der Waals surface area contributed by atoms with Gasteiger partial charge in [0.15, 0.2) is 4.60 Å². The van der Waals surface area contributed by atoms with Crippen LogP contribution in [-0.2, 0) is 17.1 Å². The van der Waals surface area contributed by atoms with Crippen LogP contribution in [-0.4, -0.2) is 29.5 Å². The van der Waals surface area contributed by atoms with Crippen LogP contribution in [0.25, 0.3) is 0 Å². The summed E-state index contributed by atoms with van der Waals surface area (Å²) in [6.07, 6.45) is 1.87. The van der Waals surface area contributed by atoms with E-state index in [-0.39, 0.29) is 15.7 Å². The molecule has 1 aromatic rings. The fraction of sp³-hybridized carbons (Fsp3) is 0.800. The van der Waals surface area contributed by atoms with Crippen molar-refractivity contribution in [1.82, 2.24) is 19.7 Å². The summed E-state index contributed by atoms with van der Waals surface area (Å²) in [6, 6.07) is -0.119. The van der Waals surface area contributed by atoms with Crippen molar-refractivity contribution in [2.45, 2.75) is 44.7 Å². The van der Waals surface area contributed by atoms with E-state index in [0.29, 0.717) is 5.92 Å². The normalized spacial score (nSPS) is 14.1. The first-order chi connectivity index (χ1) is 8.33. The van der Waals surface area contributed by atoms with Gasteiger partial charge in [-0.25, -0.2) is 17.8 Å². The van der Waals surface area contributed by atoms with Crippen LogP contribution in [0.3, 0.4) is 0 Å². The van der Waals surface area contributed by atoms with Crippen molar-refractivity contribution in [2.24, 2.45) is 13.0 Å². The Kier molecular flexibility index (Phi) is 5.30. The number of rotatable bonds is 6. The number of sulfonamides is 1. The first kappa shape index (κ1) is 15.6. The van der Waals surface area contributed by atoms with Crippen LogP contribution in [0.4, 0.5) is 0 Å². The van der Waals surface area contributed by atoms with Crippen molar-refractivity contribution in [3.05, 3.63) is 4.60 Å². The second-order valence-corrected chi connectivity index (χ2v) is 6.68. The number of hydrogen-bond donors (Lipinski definition) is 1. The van der Waals surface area contributed by atoms with Gasteiger partial charge in [-0.3, -0.25) is 0 Å². The highest BCUT2D eigenvalue weighted by Crippen LogP contribution is 2.20. The van der Waals surface area contributed by atoms with Gasteiger partial charge in [-0.05, 0) is 28.8 Å². The summed E-state index contributed by atoms with van der Waals surface area (Å²) >= 11 is 3.10. The molecule has 0 aliphatic carbocycles. The lowest BCUT2D eigenvalue weighted by molar-refractivity contribution is 0.389. The lowest BCUT2D eigenvalue weighted by Crippen LogP contribution is -2.38. The lowest BCUT2D eigenvalue weighted by atomic mass is 9.96. The van der Waals surface area contributed by atoms with Crippen LogP contribution in [0.1, 0.15) is 33.6 Å². The standard InChI is InChI=1S/C10H19BrN4O2S/c1-5-8(6-2)7(3)13-18(16,17)10-9(11)12-14-15(10)4/h7-8,13H,5-6H2,1-4H3. The second kappa shape index (κ2) is 6.12. The molecule has 0 aliphatic heterocycles. The summed E-state index contributed by atoms with van der Waals surface area (Å²) in [4.78, 5) is 0. The van der Waals surface area contributed by atoms with Crippen LogP contribution >= 0.6 is 15.9 Å². The summed E-state index contributed by atoms with van der Waals surface area (Å²) < 4.78 is 28.6. The molecule has 0 radical (unpaired) electrons. The molecule has 1 aromatic heterocycles. The zero-order valence-corrected chi connectivity index (χ0v) is 13.4. The van der Waals surface area contributed by atoms with Gasteiger partial charge in [-0.1, -0.05) is 31.9 Å². The second-order valence-electron chi connectivity index (χ2n) is 4.30.